The van der Waals surface area contributed by atoms with Gasteiger partial charge in [-0.1, -0.05) is 94.0 Å². The van der Waals surface area contributed by atoms with Gasteiger partial charge in [-0.15, -0.1) is 0 Å². The Bertz CT molecular complexity index is 1230. The predicted octanol–water partition coefficient (Wildman–Crippen LogP) is 13.2. The van der Waals surface area contributed by atoms with Crippen molar-refractivity contribution in [2.24, 2.45) is 0 Å². The van der Waals surface area contributed by atoms with Crippen molar-refractivity contribution >= 4 is 9.84 Å². The largest absolute Gasteiger partial charge is 0.384 e. The molecule has 0 amide bonds. The third-order valence-electron chi connectivity index (χ3n) is 8.49. The molecular formula is C43H72O3S. The van der Waals surface area contributed by atoms with Crippen molar-refractivity contribution < 1.29 is 13.5 Å². The Hall–Kier alpha value is -2.17. The first-order valence-corrected chi connectivity index (χ1v) is 19.8. The molecule has 0 aromatic carbocycles. The summed E-state index contributed by atoms with van der Waals surface area (Å²) in [6, 6.07) is 0. The Balaban J connectivity index is 6.29. The molecule has 0 heterocycles. The minimum absolute atomic E-state index is 0.0453. The molecule has 0 unspecified atom stereocenters. The molecule has 0 aromatic rings. The quantitative estimate of drug-likeness (QED) is 0.110. The second-order valence-corrected chi connectivity index (χ2v) is 16.7. The maximum absolute atomic E-state index is 13.9. The number of hydrogen-bond acceptors (Lipinski definition) is 3. The highest BCUT2D eigenvalue weighted by molar-refractivity contribution is 7.95. The van der Waals surface area contributed by atoms with Gasteiger partial charge in [0, 0.05) is 0 Å². The predicted molar refractivity (Wildman–Crippen MR) is 210 cm³/mol. The molecule has 1 N–H and O–H groups in total. The van der Waals surface area contributed by atoms with E-state index >= 15 is 0 Å². The van der Waals surface area contributed by atoms with Crippen LogP contribution in [-0.4, -0.2) is 24.9 Å². The van der Waals surface area contributed by atoms with E-state index in [1.54, 1.807) is 0 Å². The van der Waals surface area contributed by atoms with Gasteiger partial charge in [-0.2, -0.15) is 0 Å². The van der Waals surface area contributed by atoms with Crippen molar-refractivity contribution in [1.29, 1.82) is 0 Å². The molecule has 0 spiro atoms. The number of hydrogen-bond donors (Lipinski definition) is 1. The third-order valence-corrected chi connectivity index (χ3v) is 10.8. The standard InChI is InChI=1S/C43H72O3S/c1-13-33-47(45,46)42(41(12)28-16-21-36(6)7)43(44,31-29-39(10)26-17-24-37(8)22-14-19-34(2)3)32-30-40(11)27-18-25-38(9)23-15-20-35(4)5/h19-21,24-25,29-30,44H,13-18,22-23,26-28,31-33H2,1-12H3/b37-24?,38-25?,39-29?,40-30?,42-41-. The highest BCUT2D eigenvalue weighted by atomic mass is 32.2. The van der Waals surface area contributed by atoms with E-state index in [-0.39, 0.29) is 23.5 Å². The molecule has 3 nitrogen and oxygen atoms in total. The molecule has 0 bridgehead atoms. The van der Waals surface area contributed by atoms with Gasteiger partial charge in [0.2, 0.25) is 0 Å². The van der Waals surface area contributed by atoms with Crippen molar-refractivity contribution in [1.82, 2.24) is 0 Å². The van der Waals surface area contributed by atoms with Crippen LogP contribution in [0.25, 0.3) is 0 Å². The lowest BCUT2D eigenvalue weighted by Gasteiger charge is -2.31. The number of rotatable bonds is 23. The molecule has 0 saturated carbocycles. The minimum atomic E-state index is -3.64. The zero-order valence-electron chi connectivity index (χ0n) is 32.6. The minimum Gasteiger partial charge on any atom is -0.384 e. The summed E-state index contributed by atoms with van der Waals surface area (Å²) >= 11 is 0. The molecular weight excluding hydrogens is 597 g/mol. The Morgan fingerprint density at radius 2 is 0.830 bits per heavy atom. The fraction of sp³-hybridized carbons (Fsp3) is 0.628. The molecule has 0 fully saturated rings. The van der Waals surface area contributed by atoms with Crippen molar-refractivity contribution in [2.75, 3.05) is 5.75 Å². The SMILES string of the molecule is CCCS(=O)(=O)/C(=C(/C)CCC=C(C)C)C(O)(CC=C(C)CCC=C(C)CCC=C(C)C)CC=C(C)CCC=C(C)CCC=C(C)C. The Labute approximate surface area is 292 Å². The first kappa shape index (κ1) is 44.8. The first-order valence-electron chi connectivity index (χ1n) is 18.1. The molecule has 0 aliphatic heterocycles. The summed E-state index contributed by atoms with van der Waals surface area (Å²) in [6.07, 6.45) is 25.9. The van der Waals surface area contributed by atoms with Gasteiger partial charge in [-0.3, -0.25) is 0 Å². The van der Waals surface area contributed by atoms with Gasteiger partial charge < -0.3 is 5.11 Å². The van der Waals surface area contributed by atoms with Crippen LogP contribution in [0.15, 0.2) is 92.0 Å². The van der Waals surface area contributed by atoms with Crippen molar-refractivity contribution in [3.63, 3.8) is 0 Å². The summed E-state index contributed by atoms with van der Waals surface area (Å²) in [6.45, 7) is 25.1. The Morgan fingerprint density at radius 1 is 0.511 bits per heavy atom. The van der Waals surface area contributed by atoms with Gasteiger partial charge in [0.1, 0.15) is 5.60 Å². The molecule has 0 rings (SSSR count). The topological polar surface area (TPSA) is 54.4 Å². The number of sulfone groups is 1. The summed E-state index contributed by atoms with van der Waals surface area (Å²) in [4.78, 5) is 0.243. The normalized spacial score (nSPS) is 15.2. The van der Waals surface area contributed by atoms with Crippen LogP contribution < -0.4 is 0 Å². The second kappa shape index (κ2) is 24.0. The van der Waals surface area contributed by atoms with Gasteiger partial charge in [0.25, 0.3) is 0 Å². The van der Waals surface area contributed by atoms with Gasteiger partial charge in [0.05, 0.1) is 10.7 Å². The lowest BCUT2D eigenvalue weighted by atomic mass is 9.89. The first-order chi connectivity index (χ1) is 21.9. The lowest BCUT2D eigenvalue weighted by Crippen LogP contribution is -2.36. The van der Waals surface area contributed by atoms with Crippen LogP contribution in [-0.2, 0) is 9.84 Å². The van der Waals surface area contributed by atoms with Crippen LogP contribution in [0.3, 0.4) is 0 Å². The van der Waals surface area contributed by atoms with Crippen molar-refractivity contribution in [3.05, 3.63) is 92.0 Å². The van der Waals surface area contributed by atoms with Crippen molar-refractivity contribution in [3.8, 4) is 0 Å². The van der Waals surface area contributed by atoms with E-state index in [4.69, 9.17) is 0 Å². The molecule has 0 aliphatic carbocycles. The highest BCUT2D eigenvalue weighted by Gasteiger charge is 2.39. The van der Waals surface area contributed by atoms with Crippen LogP contribution >= 0.6 is 0 Å². The third kappa shape index (κ3) is 21.4. The number of aliphatic hydroxyl groups is 1. The summed E-state index contributed by atoms with van der Waals surface area (Å²) in [7, 11) is -3.64. The van der Waals surface area contributed by atoms with Gasteiger partial charge in [-0.25, -0.2) is 8.42 Å². The maximum Gasteiger partial charge on any atom is 0.177 e. The van der Waals surface area contributed by atoms with Crippen molar-refractivity contribution in [2.45, 2.75) is 172 Å². The molecule has 268 valence electrons. The Kier molecular flexibility index (Phi) is 22.9. The van der Waals surface area contributed by atoms with Crippen LogP contribution in [0, 0.1) is 0 Å². The molecule has 0 aromatic heterocycles. The van der Waals surface area contributed by atoms with E-state index in [0.717, 1.165) is 63.4 Å². The summed E-state index contributed by atoms with van der Waals surface area (Å²) in [5.41, 5.74) is 8.37. The summed E-state index contributed by atoms with van der Waals surface area (Å²) in [5.74, 6) is 0.0453. The maximum atomic E-state index is 13.9. The molecule has 0 aliphatic rings. The van der Waals surface area contributed by atoms with E-state index in [1.807, 2.05) is 13.8 Å². The average molecular weight is 669 g/mol. The smallest absolute Gasteiger partial charge is 0.177 e. The zero-order valence-corrected chi connectivity index (χ0v) is 33.4. The van der Waals surface area contributed by atoms with E-state index in [9.17, 15) is 13.5 Å². The van der Waals surface area contributed by atoms with Crippen LogP contribution in [0.2, 0.25) is 0 Å². The molecule has 4 heteroatoms. The molecule has 0 radical (unpaired) electrons. The summed E-state index contributed by atoms with van der Waals surface area (Å²) in [5, 5.41) is 12.4. The number of allylic oxidation sites excluding steroid dienone is 13. The van der Waals surface area contributed by atoms with E-state index in [2.05, 4.69) is 112 Å². The second-order valence-electron chi connectivity index (χ2n) is 14.6. The molecule has 0 atom stereocenters. The van der Waals surface area contributed by atoms with Gasteiger partial charge in [0.15, 0.2) is 9.84 Å². The van der Waals surface area contributed by atoms with Gasteiger partial charge in [-0.05, 0) is 160 Å². The van der Waals surface area contributed by atoms with Crippen LogP contribution in [0.1, 0.15) is 167 Å². The van der Waals surface area contributed by atoms with Crippen LogP contribution in [0.5, 0.6) is 0 Å². The van der Waals surface area contributed by atoms with E-state index in [0.29, 0.717) is 12.8 Å². The molecule has 47 heavy (non-hydrogen) atoms. The van der Waals surface area contributed by atoms with E-state index in [1.165, 1.54) is 39.0 Å². The zero-order chi connectivity index (χ0) is 36.0. The fourth-order valence-corrected chi connectivity index (χ4v) is 7.77. The fourth-order valence-electron chi connectivity index (χ4n) is 5.65. The van der Waals surface area contributed by atoms with E-state index < -0.39 is 15.4 Å². The highest BCUT2D eigenvalue weighted by Crippen LogP contribution is 2.36. The van der Waals surface area contributed by atoms with Gasteiger partial charge >= 0.3 is 0 Å². The Morgan fingerprint density at radius 3 is 1.17 bits per heavy atom. The monoisotopic (exact) mass is 669 g/mol. The lowest BCUT2D eigenvalue weighted by molar-refractivity contribution is 0.0905. The van der Waals surface area contributed by atoms with Crippen LogP contribution in [0.4, 0.5) is 0 Å². The average Bonchev–Trinajstić information content (AvgIpc) is 2.94. The summed E-state index contributed by atoms with van der Waals surface area (Å²) < 4.78 is 27.7. The molecule has 0 saturated heterocycles.